The zero-order valence-electron chi connectivity index (χ0n) is 12.2. The van der Waals surface area contributed by atoms with Crippen molar-refractivity contribution < 1.29 is 4.74 Å². The van der Waals surface area contributed by atoms with E-state index in [9.17, 15) is 0 Å². The van der Waals surface area contributed by atoms with Crippen molar-refractivity contribution in [2.45, 2.75) is 52.0 Å². The van der Waals surface area contributed by atoms with Crippen LogP contribution in [0.4, 0.5) is 0 Å². The van der Waals surface area contributed by atoms with E-state index in [2.05, 4.69) is 36.1 Å². The SMILES string of the molecule is CCCCCCOc1ccc(CN2CCCC2)cc1. The Kier molecular flexibility index (Phi) is 6.22. The van der Waals surface area contributed by atoms with Crippen molar-refractivity contribution in [2.24, 2.45) is 0 Å². The molecule has 1 heterocycles. The number of hydrogen-bond donors (Lipinski definition) is 0. The Hall–Kier alpha value is -1.02. The van der Waals surface area contributed by atoms with Gasteiger partial charge >= 0.3 is 0 Å². The zero-order chi connectivity index (χ0) is 13.3. The molecule has 1 aromatic rings. The van der Waals surface area contributed by atoms with Crippen molar-refractivity contribution in [3.63, 3.8) is 0 Å². The molecule has 2 heteroatoms. The molecule has 0 atom stereocenters. The molecule has 0 unspecified atom stereocenters. The predicted octanol–water partition coefficient (Wildman–Crippen LogP) is 4.24. The molecule has 0 bridgehead atoms. The summed E-state index contributed by atoms with van der Waals surface area (Å²) in [6, 6.07) is 8.65. The molecular weight excluding hydrogens is 234 g/mol. The number of rotatable bonds is 8. The first-order valence-electron chi connectivity index (χ1n) is 7.82. The Morgan fingerprint density at radius 2 is 1.74 bits per heavy atom. The molecule has 1 aliphatic rings. The van der Waals surface area contributed by atoms with Crippen LogP contribution in [0.5, 0.6) is 5.75 Å². The van der Waals surface area contributed by atoms with Crippen molar-refractivity contribution in [2.75, 3.05) is 19.7 Å². The second-order valence-corrected chi connectivity index (χ2v) is 5.54. The van der Waals surface area contributed by atoms with Gasteiger partial charge in [-0.3, -0.25) is 4.90 Å². The number of likely N-dealkylation sites (tertiary alicyclic amines) is 1. The second kappa shape index (κ2) is 8.21. The first-order valence-corrected chi connectivity index (χ1v) is 7.82. The molecule has 0 amide bonds. The molecule has 0 spiro atoms. The van der Waals surface area contributed by atoms with Crippen molar-refractivity contribution in [3.05, 3.63) is 29.8 Å². The molecule has 0 aliphatic carbocycles. The lowest BCUT2D eigenvalue weighted by Crippen LogP contribution is -2.18. The second-order valence-electron chi connectivity index (χ2n) is 5.54. The van der Waals surface area contributed by atoms with Crippen LogP contribution in [0, 0.1) is 0 Å². The Bertz CT molecular complexity index is 341. The van der Waals surface area contributed by atoms with Gasteiger partial charge in [0.2, 0.25) is 0 Å². The van der Waals surface area contributed by atoms with E-state index in [0.29, 0.717) is 0 Å². The maximum atomic E-state index is 5.76. The highest BCUT2D eigenvalue weighted by Gasteiger charge is 2.11. The van der Waals surface area contributed by atoms with Gasteiger partial charge in [0.05, 0.1) is 6.61 Å². The van der Waals surface area contributed by atoms with Crippen LogP contribution >= 0.6 is 0 Å². The Morgan fingerprint density at radius 3 is 2.42 bits per heavy atom. The summed E-state index contributed by atoms with van der Waals surface area (Å²) in [4.78, 5) is 2.53. The average molecular weight is 261 g/mol. The fraction of sp³-hybridized carbons (Fsp3) is 0.647. The van der Waals surface area contributed by atoms with Gasteiger partial charge < -0.3 is 4.74 Å². The molecule has 2 nitrogen and oxygen atoms in total. The lowest BCUT2D eigenvalue weighted by Gasteiger charge is -2.14. The summed E-state index contributed by atoms with van der Waals surface area (Å²) < 4.78 is 5.76. The highest BCUT2D eigenvalue weighted by atomic mass is 16.5. The van der Waals surface area contributed by atoms with Crippen molar-refractivity contribution in [3.8, 4) is 5.75 Å². The van der Waals surface area contributed by atoms with Gasteiger partial charge in [-0.1, -0.05) is 38.3 Å². The zero-order valence-corrected chi connectivity index (χ0v) is 12.2. The first-order chi connectivity index (χ1) is 9.38. The minimum atomic E-state index is 0.853. The molecule has 1 aromatic carbocycles. The molecule has 0 aromatic heterocycles. The van der Waals surface area contributed by atoms with Gasteiger partial charge in [-0.05, 0) is 50.0 Å². The first kappa shape index (κ1) is 14.4. The van der Waals surface area contributed by atoms with Crippen LogP contribution in [0.25, 0.3) is 0 Å². The number of benzene rings is 1. The van der Waals surface area contributed by atoms with E-state index in [0.717, 1.165) is 18.9 Å². The van der Waals surface area contributed by atoms with E-state index >= 15 is 0 Å². The smallest absolute Gasteiger partial charge is 0.119 e. The summed E-state index contributed by atoms with van der Waals surface area (Å²) in [6.45, 7) is 6.70. The van der Waals surface area contributed by atoms with Gasteiger partial charge in [-0.15, -0.1) is 0 Å². The van der Waals surface area contributed by atoms with E-state index in [1.165, 1.54) is 57.2 Å². The van der Waals surface area contributed by atoms with E-state index in [1.54, 1.807) is 0 Å². The van der Waals surface area contributed by atoms with Gasteiger partial charge in [0, 0.05) is 6.54 Å². The summed E-state index contributed by atoms with van der Waals surface area (Å²) in [5.74, 6) is 1.02. The summed E-state index contributed by atoms with van der Waals surface area (Å²) in [6.07, 6.45) is 7.77. The monoisotopic (exact) mass is 261 g/mol. The minimum Gasteiger partial charge on any atom is -0.494 e. The number of ether oxygens (including phenoxy) is 1. The van der Waals surface area contributed by atoms with E-state index in [4.69, 9.17) is 4.74 Å². The maximum absolute atomic E-state index is 5.76. The van der Waals surface area contributed by atoms with Crippen LogP contribution < -0.4 is 4.74 Å². The van der Waals surface area contributed by atoms with Crippen molar-refractivity contribution in [1.82, 2.24) is 4.90 Å². The molecule has 19 heavy (non-hydrogen) atoms. The fourth-order valence-corrected chi connectivity index (χ4v) is 2.61. The standard InChI is InChI=1S/C17H27NO/c1-2-3-4-7-14-19-17-10-8-16(9-11-17)15-18-12-5-6-13-18/h8-11H,2-7,12-15H2,1H3. The number of hydrogen-bond acceptors (Lipinski definition) is 2. The van der Waals surface area contributed by atoms with Gasteiger partial charge in [-0.2, -0.15) is 0 Å². The largest absolute Gasteiger partial charge is 0.494 e. The highest BCUT2D eigenvalue weighted by Crippen LogP contribution is 2.16. The van der Waals surface area contributed by atoms with Crippen LogP contribution in [0.15, 0.2) is 24.3 Å². The lowest BCUT2D eigenvalue weighted by atomic mass is 10.2. The molecular formula is C17H27NO. The molecule has 1 aliphatic heterocycles. The predicted molar refractivity (Wildman–Crippen MR) is 80.6 cm³/mol. The third-order valence-electron chi connectivity index (χ3n) is 3.79. The van der Waals surface area contributed by atoms with Gasteiger partial charge in [0.25, 0.3) is 0 Å². The molecule has 0 N–H and O–H groups in total. The summed E-state index contributed by atoms with van der Waals surface area (Å²) in [5.41, 5.74) is 1.40. The van der Waals surface area contributed by atoms with Crippen LogP contribution in [0.2, 0.25) is 0 Å². The maximum Gasteiger partial charge on any atom is 0.119 e. The summed E-state index contributed by atoms with van der Waals surface area (Å²) in [5, 5.41) is 0. The summed E-state index contributed by atoms with van der Waals surface area (Å²) >= 11 is 0. The van der Waals surface area contributed by atoms with Gasteiger partial charge in [-0.25, -0.2) is 0 Å². The van der Waals surface area contributed by atoms with Crippen LogP contribution in [-0.4, -0.2) is 24.6 Å². The van der Waals surface area contributed by atoms with Crippen molar-refractivity contribution in [1.29, 1.82) is 0 Å². The average Bonchev–Trinajstić information content (AvgIpc) is 2.93. The molecule has 2 rings (SSSR count). The highest BCUT2D eigenvalue weighted by molar-refractivity contribution is 5.27. The van der Waals surface area contributed by atoms with Crippen LogP contribution in [0.1, 0.15) is 51.0 Å². The van der Waals surface area contributed by atoms with Crippen LogP contribution in [0.3, 0.4) is 0 Å². The number of nitrogens with zero attached hydrogens (tertiary/aromatic N) is 1. The molecule has 1 saturated heterocycles. The Labute approximate surface area is 117 Å². The quantitative estimate of drug-likeness (QED) is 0.649. The van der Waals surface area contributed by atoms with Gasteiger partial charge in [0.1, 0.15) is 5.75 Å². The Morgan fingerprint density at radius 1 is 1.00 bits per heavy atom. The van der Waals surface area contributed by atoms with Gasteiger partial charge in [0.15, 0.2) is 0 Å². The number of unbranched alkanes of at least 4 members (excludes halogenated alkanes) is 3. The molecule has 0 saturated carbocycles. The Balaban J connectivity index is 1.68. The van der Waals surface area contributed by atoms with Crippen LogP contribution in [-0.2, 0) is 6.54 Å². The molecule has 1 fully saturated rings. The van der Waals surface area contributed by atoms with E-state index < -0.39 is 0 Å². The molecule has 106 valence electrons. The third kappa shape index (κ3) is 5.23. The summed E-state index contributed by atoms with van der Waals surface area (Å²) in [7, 11) is 0. The molecule has 0 radical (unpaired) electrons. The third-order valence-corrected chi connectivity index (χ3v) is 3.79. The topological polar surface area (TPSA) is 12.5 Å². The lowest BCUT2D eigenvalue weighted by molar-refractivity contribution is 0.304. The fourth-order valence-electron chi connectivity index (χ4n) is 2.61. The van der Waals surface area contributed by atoms with E-state index in [-0.39, 0.29) is 0 Å². The normalized spacial score (nSPS) is 15.8. The van der Waals surface area contributed by atoms with Crippen molar-refractivity contribution >= 4 is 0 Å². The minimum absolute atomic E-state index is 0.853. The van der Waals surface area contributed by atoms with E-state index in [1.807, 2.05) is 0 Å².